The maximum atomic E-state index is 5.51. The summed E-state index contributed by atoms with van der Waals surface area (Å²) in [4.78, 5) is 17.1. The minimum atomic E-state index is 0.278. The number of rotatable bonds is 4. The van der Waals surface area contributed by atoms with Gasteiger partial charge < -0.3 is 4.74 Å². The number of hydrogen-bond acceptors (Lipinski definition) is 6. The van der Waals surface area contributed by atoms with Crippen LogP contribution in [0.2, 0.25) is 0 Å². The van der Waals surface area contributed by atoms with Gasteiger partial charge in [0, 0.05) is 12.4 Å². The summed E-state index contributed by atoms with van der Waals surface area (Å²) in [5.41, 5.74) is 2.55. The molecule has 6 heteroatoms. The molecule has 0 N–H and O–H groups in total. The van der Waals surface area contributed by atoms with Crippen LogP contribution in [0, 0.1) is 6.20 Å². The van der Waals surface area contributed by atoms with Crippen LogP contribution in [0.15, 0.2) is 54.9 Å². The van der Waals surface area contributed by atoms with Gasteiger partial charge in [0.05, 0.1) is 21.5 Å². The highest BCUT2D eigenvalue weighted by Gasteiger charge is 2.08. The predicted octanol–water partition coefficient (Wildman–Crippen LogP) is 3.53. The number of hydrogen-bond donors (Lipinski definition) is 0. The number of aromatic nitrogens is 4. The monoisotopic (exact) mass is 319 g/mol. The Morgan fingerprint density at radius 2 is 1.96 bits per heavy atom. The Morgan fingerprint density at radius 3 is 2.74 bits per heavy atom. The van der Waals surface area contributed by atoms with Crippen LogP contribution in [0.5, 0.6) is 6.01 Å². The molecule has 0 aliphatic rings. The number of nitrogens with zero attached hydrogens (tertiary/aromatic N) is 4. The number of fused-ring (bicyclic) bond motifs is 1. The lowest BCUT2D eigenvalue weighted by Gasteiger charge is -2.03. The van der Waals surface area contributed by atoms with Gasteiger partial charge in [-0.25, -0.2) is 9.97 Å². The second-order valence-corrected chi connectivity index (χ2v) is 5.81. The van der Waals surface area contributed by atoms with Gasteiger partial charge in [0.2, 0.25) is 0 Å². The van der Waals surface area contributed by atoms with Crippen molar-refractivity contribution in [3.05, 3.63) is 66.7 Å². The van der Waals surface area contributed by atoms with E-state index in [2.05, 4.69) is 26.1 Å². The molecule has 0 amide bonds. The number of para-hydroxylation sites is 1. The highest BCUT2D eigenvalue weighted by Crippen LogP contribution is 2.29. The van der Waals surface area contributed by atoms with Gasteiger partial charge >= 0.3 is 6.01 Å². The highest BCUT2D eigenvalue weighted by atomic mass is 32.1. The molecule has 0 saturated heterocycles. The number of pyridine rings is 1. The van der Waals surface area contributed by atoms with Crippen LogP contribution in [0.25, 0.3) is 20.8 Å². The van der Waals surface area contributed by atoms with E-state index in [4.69, 9.17) is 4.74 Å². The summed E-state index contributed by atoms with van der Waals surface area (Å²) in [6.07, 6.45) is 6.34. The Labute approximate surface area is 136 Å². The lowest BCUT2D eigenvalue weighted by molar-refractivity contribution is 0.276. The first-order valence-corrected chi connectivity index (χ1v) is 7.83. The molecule has 0 unspecified atom stereocenters. The zero-order valence-corrected chi connectivity index (χ0v) is 12.8. The Balaban J connectivity index is 1.51. The standard InChI is InChI=1S/C17H11N4OS/c1-2-7-15-14(6-1)21-16(23-15)12-9-19-17(20-10-12)22-11-13-5-3-4-8-18-13/h1-9H,11H2. The van der Waals surface area contributed by atoms with Crippen LogP contribution in [-0.4, -0.2) is 19.9 Å². The molecule has 4 rings (SSSR count). The van der Waals surface area contributed by atoms with Gasteiger partial charge in [-0.1, -0.05) is 18.2 Å². The topological polar surface area (TPSA) is 60.8 Å². The third-order valence-corrected chi connectivity index (χ3v) is 4.25. The zero-order chi connectivity index (χ0) is 15.5. The van der Waals surface area contributed by atoms with Crippen molar-refractivity contribution in [3.63, 3.8) is 0 Å². The van der Waals surface area contributed by atoms with Gasteiger partial charge in [-0.3, -0.25) is 4.98 Å². The largest absolute Gasteiger partial charge is 0.457 e. The molecule has 0 aliphatic heterocycles. The third-order valence-electron chi connectivity index (χ3n) is 3.18. The number of thiazole rings is 1. The van der Waals surface area contributed by atoms with Crippen LogP contribution in [0.3, 0.4) is 0 Å². The second-order valence-electron chi connectivity index (χ2n) is 4.77. The molecule has 111 valence electrons. The summed E-state index contributed by atoms with van der Waals surface area (Å²) in [5.74, 6) is 0. The molecule has 3 aromatic heterocycles. The molecule has 5 nitrogen and oxygen atoms in total. The summed E-state index contributed by atoms with van der Waals surface area (Å²) in [6, 6.07) is 13.9. The summed E-state index contributed by atoms with van der Waals surface area (Å²) >= 11 is 1.59. The minimum absolute atomic E-state index is 0.278. The summed E-state index contributed by atoms with van der Waals surface area (Å²) in [6.45, 7) is 0.329. The van der Waals surface area contributed by atoms with Gasteiger partial charge in [0.1, 0.15) is 17.8 Å². The molecule has 0 fully saturated rings. The highest BCUT2D eigenvalue weighted by molar-refractivity contribution is 7.21. The molecule has 4 aromatic rings. The molecule has 0 spiro atoms. The average Bonchev–Trinajstić information content (AvgIpc) is 3.05. The van der Waals surface area contributed by atoms with Crippen molar-refractivity contribution in [2.75, 3.05) is 0 Å². The predicted molar refractivity (Wildman–Crippen MR) is 88.1 cm³/mol. The minimum Gasteiger partial charge on any atom is -0.457 e. The molecular weight excluding hydrogens is 308 g/mol. The molecule has 1 aromatic carbocycles. The molecular formula is C17H11N4OS. The van der Waals surface area contributed by atoms with Crippen LogP contribution < -0.4 is 4.74 Å². The van der Waals surface area contributed by atoms with Crippen molar-refractivity contribution in [1.29, 1.82) is 0 Å². The van der Waals surface area contributed by atoms with E-state index in [-0.39, 0.29) is 6.01 Å². The van der Waals surface area contributed by atoms with Crippen LogP contribution >= 0.6 is 11.3 Å². The van der Waals surface area contributed by atoms with Gasteiger partial charge in [-0.2, -0.15) is 4.98 Å². The molecule has 0 bridgehead atoms. The summed E-state index contributed by atoms with van der Waals surface area (Å²) in [7, 11) is 0. The zero-order valence-electron chi connectivity index (χ0n) is 12.0. The molecule has 23 heavy (non-hydrogen) atoms. The maximum absolute atomic E-state index is 5.51. The van der Waals surface area contributed by atoms with Crippen molar-refractivity contribution in [2.24, 2.45) is 0 Å². The average molecular weight is 319 g/mol. The third kappa shape index (κ3) is 3.02. The van der Waals surface area contributed by atoms with Crippen LogP contribution in [0.4, 0.5) is 0 Å². The molecule has 0 saturated carbocycles. The Bertz CT molecular complexity index is 889. The number of benzene rings is 1. The van der Waals surface area contributed by atoms with Gasteiger partial charge in [-0.05, 0) is 24.3 Å². The summed E-state index contributed by atoms with van der Waals surface area (Å²) < 4.78 is 6.64. The first-order chi connectivity index (χ1) is 11.4. The Morgan fingerprint density at radius 1 is 1.04 bits per heavy atom. The van der Waals surface area contributed by atoms with Crippen molar-refractivity contribution < 1.29 is 4.74 Å². The Kier molecular flexibility index (Phi) is 3.65. The van der Waals surface area contributed by atoms with E-state index in [1.54, 1.807) is 23.7 Å². The molecule has 0 atom stereocenters. The normalized spacial score (nSPS) is 10.8. The first-order valence-electron chi connectivity index (χ1n) is 7.02. The molecule has 0 aliphatic carbocycles. The molecule has 3 heterocycles. The van der Waals surface area contributed by atoms with Crippen LogP contribution in [-0.2, 0) is 6.61 Å². The lowest BCUT2D eigenvalue weighted by atomic mass is 10.3. The maximum Gasteiger partial charge on any atom is 0.317 e. The smallest absolute Gasteiger partial charge is 0.317 e. The van der Waals surface area contributed by atoms with E-state index >= 15 is 0 Å². The van der Waals surface area contributed by atoms with E-state index in [0.717, 1.165) is 26.5 Å². The van der Waals surface area contributed by atoms with E-state index < -0.39 is 0 Å². The van der Waals surface area contributed by atoms with E-state index in [9.17, 15) is 0 Å². The van der Waals surface area contributed by atoms with E-state index in [0.29, 0.717) is 6.61 Å². The van der Waals surface area contributed by atoms with Crippen molar-refractivity contribution in [3.8, 4) is 16.6 Å². The SMILES string of the molecule is [c]1nc(OCc2ccccn2)ncc1-c1nc2ccccc2s1. The van der Waals surface area contributed by atoms with E-state index in [1.165, 1.54) is 0 Å². The fourth-order valence-corrected chi connectivity index (χ4v) is 2.99. The summed E-state index contributed by atoms with van der Waals surface area (Å²) in [5, 5.41) is 0.850. The van der Waals surface area contributed by atoms with Crippen molar-refractivity contribution in [1.82, 2.24) is 19.9 Å². The van der Waals surface area contributed by atoms with Gasteiger partial charge in [0.15, 0.2) is 0 Å². The van der Waals surface area contributed by atoms with Crippen molar-refractivity contribution in [2.45, 2.75) is 6.61 Å². The van der Waals surface area contributed by atoms with Crippen molar-refractivity contribution >= 4 is 21.6 Å². The van der Waals surface area contributed by atoms with Gasteiger partial charge in [0.25, 0.3) is 0 Å². The van der Waals surface area contributed by atoms with E-state index in [1.807, 2.05) is 42.5 Å². The molecule has 1 radical (unpaired) electrons. The fraction of sp³-hybridized carbons (Fsp3) is 0.0588. The Hall–Kier alpha value is -2.86. The van der Waals surface area contributed by atoms with Gasteiger partial charge in [-0.15, -0.1) is 11.3 Å². The second kappa shape index (κ2) is 6.10. The first kappa shape index (κ1) is 13.8. The quantitative estimate of drug-likeness (QED) is 0.576. The fourth-order valence-electron chi connectivity index (χ4n) is 2.07. The number of ether oxygens (including phenoxy) is 1. The van der Waals surface area contributed by atoms with Crippen LogP contribution in [0.1, 0.15) is 5.69 Å². The lowest BCUT2D eigenvalue weighted by Crippen LogP contribution is -2.00.